The van der Waals surface area contributed by atoms with Gasteiger partial charge in [0.2, 0.25) is 0 Å². The maximum atomic E-state index is 10.3. The number of hydrogen-bond acceptors (Lipinski definition) is 4. The van der Waals surface area contributed by atoms with Gasteiger partial charge < -0.3 is 14.4 Å². The van der Waals surface area contributed by atoms with Crippen molar-refractivity contribution < 1.29 is 9.84 Å². The molecular weight excluding hydrogens is 326 g/mol. The normalized spacial score (nSPS) is 12.1. The molecule has 1 heterocycles. The molecule has 0 aliphatic rings. The zero-order chi connectivity index (χ0) is 18.6. The van der Waals surface area contributed by atoms with Crippen molar-refractivity contribution in [1.82, 2.24) is 9.55 Å². The van der Waals surface area contributed by atoms with E-state index in [1.54, 1.807) is 31.8 Å². The summed E-state index contributed by atoms with van der Waals surface area (Å²) >= 11 is 0. The fourth-order valence-electron chi connectivity index (χ4n) is 2.43. The van der Waals surface area contributed by atoms with Crippen molar-refractivity contribution in [3.8, 4) is 11.5 Å². The number of aromatic nitrogens is 2. The summed E-state index contributed by atoms with van der Waals surface area (Å²) in [6.45, 7) is 5.18. The molecule has 0 aliphatic carbocycles. The molecule has 2 rings (SSSR count). The highest BCUT2D eigenvalue weighted by Gasteiger charge is 2.09. The van der Waals surface area contributed by atoms with Gasteiger partial charge in [-0.3, -0.25) is 4.99 Å². The smallest absolute Gasteiger partial charge is 0.128 e. The highest BCUT2D eigenvalue weighted by atomic mass is 16.5. The molecule has 0 atom stereocenters. The van der Waals surface area contributed by atoms with E-state index in [2.05, 4.69) is 11.6 Å². The van der Waals surface area contributed by atoms with Gasteiger partial charge in [0.25, 0.3) is 0 Å². The lowest BCUT2D eigenvalue weighted by Crippen LogP contribution is -2.04. The minimum atomic E-state index is 0.174. The predicted octanol–water partition coefficient (Wildman–Crippen LogP) is 4.17. The number of phenols is 1. The number of rotatable bonds is 10. The first kappa shape index (κ1) is 19.2. The molecule has 0 radical (unpaired) electrons. The first-order valence-corrected chi connectivity index (χ1v) is 8.55. The van der Waals surface area contributed by atoms with Crippen molar-refractivity contribution in [3.05, 3.63) is 79.4 Å². The van der Waals surface area contributed by atoms with Gasteiger partial charge in [-0.05, 0) is 18.6 Å². The number of ether oxygens (including phenoxy) is 1. The molecule has 1 N–H and O–H groups in total. The first-order valence-electron chi connectivity index (χ1n) is 8.55. The summed E-state index contributed by atoms with van der Waals surface area (Å²) in [7, 11) is 1.58. The van der Waals surface area contributed by atoms with Crippen molar-refractivity contribution in [3.63, 3.8) is 0 Å². The summed E-state index contributed by atoms with van der Waals surface area (Å²) in [6.07, 6.45) is 16.5. The molecule has 5 nitrogen and oxygen atoms in total. The summed E-state index contributed by atoms with van der Waals surface area (Å²) in [4.78, 5) is 8.75. The van der Waals surface area contributed by atoms with Gasteiger partial charge in [0.1, 0.15) is 11.5 Å². The van der Waals surface area contributed by atoms with Gasteiger partial charge >= 0.3 is 0 Å². The number of methoxy groups -OCH3 is 1. The summed E-state index contributed by atoms with van der Waals surface area (Å²) in [5.74, 6) is 0.794. The lowest BCUT2D eigenvalue weighted by molar-refractivity contribution is 0.407. The Kier molecular flexibility index (Phi) is 7.93. The van der Waals surface area contributed by atoms with Crippen LogP contribution in [0.2, 0.25) is 0 Å². The van der Waals surface area contributed by atoms with Crippen LogP contribution < -0.4 is 4.74 Å². The molecule has 2 aromatic rings. The Morgan fingerprint density at radius 3 is 2.92 bits per heavy atom. The average Bonchev–Trinajstić information content (AvgIpc) is 3.17. The molecule has 1 aromatic heterocycles. The van der Waals surface area contributed by atoms with Crippen LogP contribution in [0.3, 0.4) is 0 Å². The topological polar surface area (TPSA) is 59.6 Å². The van der Waals surface area contributed by atoms with E-state index in [1.165, 1.54) is 0 Å². The molecule has 1 aromatic carbocycles. The molecule has 5 heteroatoms. The molecular formula is C21H25N3O2. The zero-order valence-electron chi connectivity index (χ0n) is 15.1. The van der Waals surface area contributed by atoms with Gasteiger partial charge in [0.05, 0.1) is 13.4 Å². The van der Waals surface area contributed by atoms with Gasteiger partial charge in [-0.2, -0.15) is 0 Å². The summed E-state index contributed by atoms with van der Waals surface area (Å²) in [6, 6.07) is 5.28. The summed E-state index contributed by atoms with van der Waals surface area (Å²) in [5, 5.41) is 10.3. The number of allylic oxidation sites excluding steroid dienone is 5. The van der Waals surface area contributed by atoms with Crippen LogP contribution in [0.5, 0.6) is 11.5 Å². The van der Waals surface area contributed by atoms with E-state index in [1.807, 2.05) is 47.2 Å². The van der Waals surface area contributed by atoms with Crippen LogP contribution in [0.15, 0.2) is 78.9 Å². The zero-order valence-corrected chi connectivity index (χ0v) is 15.1. The number of hydrogen-bond donors (Lipinski definition) is 1. The van der Waals surface area contributed by atoms with Gasteiger partial charge in [-0.25, -0.2) is 4.98 Å². The number of aryl methyl sites for hydroxylation is 1. The first-order chi connectivity index (χ1) is 12.7. The van der Waals surface area contributed by atoms with Crippen LogP contribution in [0, 0.1) is 0 Å². The van der Waals surface area contributed by atoms with E-state index in [4.69, 9.17) is 9.73 Å². The number of phenolic OH excluding ortho intramolecular Hbond substituents is 1. The third-order valence-electron chi connectivity index (χ3n) is 3.76. The van der Waals surface area contributed by atoms with Gasteiger partial charge in [0, 0.05) is 49.2 Å². The molecule has 136 valence electrons. The molecule has 0 unspecified atom stereocenters. The van der Waals surface area contributed by atoms with Crippen LogP contribution in [-0.2, 0) is 6.54 Å². The maximum absolute atomic E-state index is 10.3. The monoisotopic (exact) mass is 351 g/mol. The van der Waals surface area contributed by atoms with E-state index in [-0.39, 0.29) is 5.75 Å². The highest BCUT2D eigenvalue weighted by molar-refractivity contribution is 6.03. The van der Waals surface area contributed by atoms with Gasteiger partial charge in [-0.15, -0.1) is 0 Å². The van der Waals surface area contributed by atoms with Crippen molar-refractivity contribution in [2.45, 2.75) is 19.4 Å². The van der Waals surface area contributed by atoms with Crippen molar-refractivity contribution in [2.24, 2.45) is 4.99 Å². The lowest BCUT2D eigenvalue weighted by atomic mass is 10.1. The molecule has 26 heavy (non-hydrogen) atoms. The van der Waals surface area contributed by atoms with E-state index in [9.17, 15) is 5.11 Å². The fraction of sp³-hybridized carbons (Fsp3) is 0.238. The Hall–Kier alpha value is -3.08. The fourth-order valence-corrected chi connectivity index (χ4v) is 2.43. The third kappa shape index (κ3) is 6.09. The third-order valence-corrected chi connectivity index (χ3v) is 3.76. The van der Waals surface area contributed by atoms with E-state index < -0.39 is 0 Å². The summed E-state index contributed by atoms with van der Waals surface area (Å²) in [5.41, 5.74) is 1.57. The number of aliphatic imine (C=N–C) groups is 1. The van der Waals surface area contributed by atoms with Crippen LogP contribution in [-0.4, -0.2) is 34.0 Å². The van der Waals surface area contributed by atoms with Crippen LogP contribution in [0.25, 0.3) is 0 Å². The molecule has 0 amide bonds. The number of aromatic hydroxyl groups is 1. The molecule has 0 aliphatic heterocycles. The minimum Gasteiger partial charge on any atom is -0.507 e. The highest BCUT2D eigenvalue weighted by Crippen LogP contribution is 2.25. The Morgan fingerprint density at radius 2 is 2.23 bits per heavy atom. The Morgan fingerprint density at radius 1 is 1.35 bits per heavy atom. The van der Waals surface area contributed by atoms with Crippen LogP contribution in [0.4, 0.5) is 0 Å². The number of imidazole rings is 1. The second-order valence-corrected chi connectivity index (χ2v) is 5.62. The van der Waals surface area contributed by atoms with Crippen LogP contribution in [0.1, 0.15) is 18.4 Å². The second kappa shape index (κ2) is 10.7. The molecule has 0 spiro atoms. The van der Waals surface area contributed by atoms with Crippen molar-refractivity contribution >= 4 is 5.71 Å². The predicted molar refractivity (Wildman–Crippen MR) is 106 cm³/mol. The second-order valence-electron chi connectivity index (χ2n) is 5.62. The van der Waals surface area contributed by atoms with Crippen LogP contribution >= 0.6 is 0 Å². The van der Waals surface area contributed by atoms with Gasteiger partial charge in [-0.1, -0.05) is 37.0 Å². The Balaban J connectivity index is 2.09. The molecule has 0 saturated heterocycles. The standard InChI is InChI=1S/C21H25N3O2/c1-3-4-5-6-7-9-20(19-11-10-18(26-2)16-21(19)25)23-12-8-14-24-15-13-22-17-24/h3-7,10-11,13,15-17,25H,1,8-9,12,14H2,2H3/b5-4-,7-6-,23-20?. The minimum absolute atomic E-state index is 0.174. The Bertz CT molecular complexity index is 775. The van der Waals surface area contributed by atoms with Crippen molar-refractivity contribution in [2.75, 3.05) is 13.7 Å². The van der Waals surface area contributed by atoms with Gasteiger partial charge in [0.15, 0.2) is 0 Å². The number of nitrogens with zero attached hydrogens (tertiary/aromatic N) is 3. The maximum Gasteiger partial charge on any atom is 0.128 e. The molecule has 0 saturated carbocycles. The largest absolute Gasteiger partial charge is 0.507 e. The number of benzene rings is 1. The van der Waals surface area contributed by atoms with E-state index in [0.717, 1.165) is 24.2 Å². The van der Waals surface area contributed by atoms with Crippen molar-refractivity contribution in [1.29, 1.82) is 0 Å². The Labute approximate surface area is 154 Å². The lowest BCUT2D eigenvalue weighted by Gasteiger charge is -2.09. The molecule has 0 bridgehead atoms. The molecule has 0 fully saturated rings. The SMILES string of the molecule is C=C/C=C\C=C/CC(=NCCCn1ccnc1)c1ccc(OC)cc1O. The average molecular weight is 351 g/mol. The quantitative estimate of drug-likeness (QED) is 0.397. The summed E-state index contributed by atoms with van der Waals surface area (Å²) < 4.78 is 7.18. The van der Waals surface area contributed by atoms with E-state index in [0.29, 0.717) is 18.7 Å². The van der Waals surface area contributed by atoms with E-state index >= 15 is 0 Å².